The van der Waals surface area contributed by atoms with Gasteiger partial charge in [0.25, 0.3) is 5.91 Å². The Kier molecular flexibility index (Phi) is 5.27. The van der Waals surface area contributed by atoms with Crippen LogP contribution in [0.5, 0.6) is 0 Å². The molecule has 0 bridgehead atoms. The quantitative estimate of drug-likeness (QED) is 0.586. The number of benzene rings is 2. The molecule has 5 nitrogen and oxygen atoms in total. The van der Waals surface area contributed by atoms with Crippen LogP contribution in [-0.4, -0.2) is 37.0 Å². The number of nitrogens with one attached hydrogen (secondary N) is 2. The lowest BCUT2D eigenvalue weighted by atomic mass is 9.99. The minimum Gasteiger partial charge on any atom is -0.487 e. The van der Waals surface area contributed by atoms with Crippen LogP contribution in [0.1, 0.15) is 41.5 Å². The van der Waals surface area contributed by atoms with E-state index in [-0.39, 0.29) is 11.7 Å². The Morgan fingerprint density at radius 3 is 2.80 bits per heavy atom. The van der Waals surface area contributed by atoms with Crippen LogP contribution in [-0.2, 0) is 22.7 Å². The fourth-order valence-electron chi connectivity index (χ4n) is 4.55. The summed E-state index contributed by atoms with van der Waals surface area (Å²) in [6.45, 7) is 5.74. The summed E-state index contributed by atoms with van der Waals surface area (Å²) in [5.74, 6) is -0.0779. The fraction of sp³-hybridized carbons (Fsp3) is 0.375. The molecule has 156 valence electrons. The van der Waals surface area contributed by atoms with Crippen molar-refractivity contribution < 1.29 is 13.9 Å². The van der Waals surface area contributed by atoms with E-state index in [0.29, 0.717) is 29.2 Å². The van der Waals surface area contributed by atoms with Crippen molar-refractivity contribution >= 4 is 22.9 Å². The average Bonchev–Trinajstić information content (AvgIpc) is 3.31. The number of likely N-dealkylation sites (tertiary alicyclic amines) is 1. The van der Waals surface area contributed by atoms with Gasteiger partial charge in [-0.1, -0.05) is 24.6 Å². The lowest BCUT2D eigenvalue weighted by Gasteiger charge is -2.26. The van der Waals surface area contributed by atoms with Crippen LogP contribution in [0.2, 0.25) is 0 Å². The van der Waals surface area contributed by atoms with Gasteiger partial charge in [-0.2, -0.15) is 0 Å². The zero-order chi connectivity index (χ0) is 20.5. The molecule has 0 radical (unpaired) electrons. The second-order valence-corrected chi connectivity index (χ2v) is 8.21. The van der Waals surface area contributed by atoms with Gasteiger partial charge in [0, 0.05) is 42.0 Å². The summed E-state index contributed by atoms with van der Waals surface area (Å²) in [6.07, 6.45) is 4.00. The van der Waals surface area contributed by atoms with E-state index in [2.05, 4.69) is 27.7 Å². The van der Waals surface area contributed by atoms with Gasteiger partial charge in [0.2, 0.25) is 0 Å². The van der Waals surface area contributed by atoms with E-state index in [1.165, 1.54) is 50.0 Å². The predicted octanol–water partition coefficient (Wildman–Crippen LogP) is 3.75. The highest BCUT2D eigenvalue weighted by Gasteiger charge is 2.32. The zero-order valence-electron chi connectivity index (χ0n) is 17.0. The minimum atomic E-state index is -0.368. The maximum absolute atomic E-state index is 13.8. The van der Waals surface area contributed by atoms with Crippen molar-refractivity contribution in [2.45, 2.75) is 32.4 Å². The Labute approximate surface area is 175 Å². The highest BCUT2D eigenvalue weighted by Crippen LogP contribution is 2.41. The Hall–Kier alpha value is -2.70. The third-order valence-corrected chi connectivity index (χ3v) is 6.12. The number of halogens is 1. The van der Waals surface area contributed by atoms with Gasteiger partial charge < -0.3 is 20.3 Å². The first-order valence-electron chi connectivity index (χ1n) is 10.7. The van der Waals surface area contributed by atoms with Gasteiger partial charge in [-0.05, 0) is 49.7 Å². The summed E-state index contributed by atoms with van der Waals surface area (Å²) in [6, 6.07) is 10.5. The first-order chi connectivity index (χ1) is 14.7. The average molecular weight is 407 g/mol. The van der Waals surface area contributed by atoms with Gasteiger partial charge >= 0.3 is 0 Å². The molecule has 0 atom stereocenters. The Bertz CT molecular complexity index is 1010. The minimum absolute atomic E-state index is 0.248. The van der Waals surface area contributed by atoms with Crippen molar-refractivity contribution in [1.82, 2.24) is 10.2 Å². The predicted molar refractivity (Wildman–Crippen MR) is 115 cm³/mol. The smallest absolute Gasteiger partial charge is 0.260 e. The van der Waals surface area contributed by atoms with Crippen molar-refractivity contribution in [3.63, 3.8) is 0 Å². The molecule has 1 fully saturated rings. The Morgan fingerprint density at radius 1 is 1.07 bits per heavy atom. The molecule has 2 aromatic rings. The molecular formula is C24H26FN3O2. The van der Waals surface area contributed by atoms with Crippen LogP contribution in [0.4, 0.5) is 10.1 Å². The lowest BCUT2D eigenvalue weighted by molar-refractivity contribution is -0.110. The number of carbonyl (C=O) groups is 1. The number of anilines is 1. The number of piperidine rings is 1. The topological polar surface area (TPSA) is 53.6 Å². The number of nitrogens with zero attached hydrogens (tertiary/aromatic N) is 1. The molecule has 6 heteroatoms. The second kappa shape index (κ2) is 8.20. The monoisotopic (exact) mass is 407 g/mol. The molecule has 3 heterocycles. The first-order valence-corrected chi connectivity index (χ1v) is 10.7. The highest BCUT2D eigenvalue weighted by atomic mass is 19.1. The maximum Gasteiger partial charge on any atom is 0.260 e. The highest BCUT2D eigenvalue weighted by molar-refractivity contribution is 6.36. The van der Waals surface area contributed by atoms with Crippen molar-refractivity contribution in [2.24, 2.45) is 0 Å². The van der Waals surface area contributed by atoms with E-state index >= 15 is 0 Å². The van der Waals surface area contributed by atoms with Crippen molar-refractivity contribution in [1.29, 1.82) is 0 Å². The number of fused-ring (bicyclic) bond motifs is 2. The molecule has 3 aliphatic rings. The van der Waals surface area contributed by atoms with E-state index in [4.69, 9.17) is 4.74 Å². The van der Waals surface area contributed by atoms with Crippen LogP contribution < -0.4 is 10.6 Å². The van der Waals surface area contributed by atoms with Crippen LogP contribution in [0, 0.1) is 5.82 Å². The second-order valence-electron chi connectivity index (χ2n) is 8.21. The Balaban J connectivity index is 1.29. The van der Waals surface area contributed by atoms with Crippen LogP contribution >= 0.6 is 0 Å². The van der Waals surface area contributed by atoms with Gasteiger partial charge in [-0.25, -0.2) is 4.39 Å². The molecular weight excluding hydrogens is 381 g/mol. The van der Waals surface area contributed by atoms with E-state index in [1.807, 2.05) is 6.07 Å². The number of carbonyl (C=O) groups excluding carboxylic acids is 1. The maximum atomic E-state index is 13.8. The zero-order valence-corrected chi connectivity index (χ0v) is 17.0. The third kappa shape index (κ3) is 3.73. The fourth-order valence-corrected chi connectivity index (χ4v) is 4.55. The van der Waals surface area contributed by atoms with Gasteiger partial charge in [-0.15, -0.1) is 0 Å². The number of ether oxygens (including phenoxy) is 1. The molecule has 3 aliphatic heterocycles. The normalized spacial score (nSPS) is 20.6. The van der Waals surface area contributed by atoms with E-state index in [1.54, 1.807) is 6.07 Å². The van der Waals surface area contributed by atoms with Gasteiger partial charge in [0.15, 0.2) is 0 Å². The van der Waals surface area contributed by atoms with E-state index < -0.39 is 0 Å². The number of hydrogen-bond acceptors (Lipinski definition) is 4. The molecule has 1 saturated heterocycles. The van der Waals surface area contributed by atoms with Crippen molar-refractivity contribution in [3.8, 4) is 0 Å². The molecule has 0 spiro atoms. The van der Waals surface area contributed by atoms with E-state index in [0.717, 1.165) is 30.8 Å². The first kappa shape index (κ1) is 19.3. The summed E-state index contributed by atoms with van der Waals surface area (Å²) >= 11 is 0. The molecule has 30 heavy (non-hydrogen) atoms. The van der Waals surface area contributed by atoms with Crippen LogP contribution in [0.15, 0.2) is 36.4 Å². The van der Waals surface area contributed by atoms with Gasteiger partial charge in [0.05, 0.1) is 5.57 Å². The molecule has 0 saturated carbocycles. The molecule has 5 rings (SSSR count). The van der Waals surface area contributed by atoms with Crippen LogP contribution in [0.3, 0.4) is 0 Å². The third-order valence-electron chi connectivity index (χ3n) is 6.12. The largest absolute Gasteiger partial charge is 0.487 e. The molecule has 2 N–H and O–H groups in total. The molecule has 0 unspecified atom stereocenters. The number of amides is 1. The van der Waals surface area contributed by atoms with Crippen LogP contribution in [0.25, 0.3) is 11.3 Å². The van der Waals surface area contributed by atoms with Gasteiger partial charge in [0.1, 0.15) is 18.2 Å². The molecule has 1 amide bonds. The summed E-state index contributed by atoms with van der Waals surface area (Å²) in [7, 11) is 0. The van der Waals surface area contributed by atoms with E-state index in [9.17, 15) is 9.18 Å². The lowest BCUT2D eigenvalue weighted by Crippen LogP contribution is -2.35. The number of rotatable bonds is 5. The summed E-state index contributed by atoms with van der Waals surface area (Å²) in [5, 5.41) is 6.33. The summed E-state index contributed by atoms with van der Waals surface area (Å²) < 4.78 is 19.7. The summed E-state index contributed by atoms with van der Waals surface area (Å²) in [4.78, 5) is 15.1. The van der Waals surface area contributed by atoms with Crippen molar-refractivity contribution in [3.05, 3.63) is 64.5 Å². The van der Waals surface area contributed by atoms with Crippen molar-refractivity contribution in [2.75, 3.05) is 31.5 Å². The standard InChI is InChI=1S/C24H26FN3O2/c25-18-5-7-21-20(13-18)22(24(29)27-21)23-19-6-4-16(12-17(19)15-30-23)14-26-8-11-28-9-2-1-3-10-28/h4-7,12-13,26H,1-3,8-11,14-15H2,(H,27,29)/b23-22+. The molecule has 0 aromatic heterocycles. The van der Waals surface area contributed by atoms with Gasteiger partial charge in [-0.3, -0.25) is 4.79 Å². The summed E-state index contributed by atoms with van der Waals surface area (Å²) in [5.41, 5.74) is 4.77. The Morgan fingerprint density at radius 2 is 1.93 bits per heavy atom. The SMILES string of the molecule is O=C1Nc2ccc(F)cc2/C1=C1\OCc2cc(CNCCN3CCCCC3)ccc21. The molecule has 2 aromatic carbocycles. The molecule has 0 aliphatic carbocycles. The number of hydrogen-bond donors (Lipinski definition) is 2.